The van der Waals surface area contributed by atoms with Crippen molar-refractivity contribution in [3.63, 3.8) is 0 Å². The van der Waals surface area contributed by atoms with Crippen LogP contribution in [0.3, 0.4) is 0 Å². The van der Waals surface area contributed by atoms with Crippen LogP contribution in [0.1, 0.15) is 25.8 Å². The highest BCUT2D eigenvalue weighted by Crippen LogP contribution is 2.18. The summed E-state index contributed by atoms with van der Waals surface area (Å²) in [6.07, 6.45) is 0. The van der Waals surface area contributed by atoms with Crippen LogP contribution in [0.4, 0.5) is 5.13 Å². The van der Waals surface area contributed by atoms with Gasteiger partial charge in [-0.05, 0) is 13.8 Å². The summed E-state index contributed by atoms with van der Waals surface area (Å²) < 4.78 is 0. The van der Waals surface area contributed by atoms with Crippen LogP contribution in [0.15, 0.2) is 0 Å². The molecule has 0 aliphatic carbocycles. The first-order valence-corrected chi connectivity index (χ1v) is 6.23. The zero-order valence-corrected chi connectivity index (χ0v) is 10.8. The Kier molecular flexibility index (Phi) is 4.98. The van der Waals surface area contributed by atoms with E-state index < -0.39 is 0 Å². The van der Waals surface area contributed by atoms with Crippen molar-refractivity contribution in [2.24, 2.45) is 0 Å². The topological polar surface area (TPSA) is 41.0 Å². The Hall–Kier alpha value is -0.680. The summed E-state index contributed by atoms with van der Waals surface area (Å²) >= 11 is 1.66. The minimum atomic E-state index is 0.542. The van der Waals surface area contributed by atoms with Gasteiger partial charge in [-0.15, -0.1) is 10.2 Å². The first-order chi connectivity index (χ1) is 7.13. The van der Waals surface area contributed by atoms with Gasteiger partial charge in [-0.2, -0.15) is 0 Å². The molecule has 0 aromatic carbocycles. The number of nitrogens with zero attached hydrogens (tertiary/aromatic N) is 3. The molecule has 0 aliphatic rings. The van der Waals surface area contributed by atoms with E-state index in [1.807, 2.05) is 6.92 Å². The number of rotatable bonds is 6. The second-order valence-corrected chi connectivity index (χ2v) is 4.95. The smallest absolute Gasteiger partial charge is 0.208 e. The number of likely N-dealkylation sites (N-methyl/N-ethyl adjacent to an activating group) is 1. The fourth-order valence-corrected chi connectivity index (χ4v) is 2.07. The normalized spacial score (nSPS) is 11.0. The van der Waals surface area contributed by atoms with E-state index >= 15 is 0 Å². The van der Waals surface area contributed by atoms with E-state index in [-0.39, 0.29) is 0 Å². The molecule has 0 aliphatic heterocycles. The lowest BCUT2D eigenvalue weighted by Crippen LogP contribution is -2.34. The lowest BCUT2D eigenvalue weighted by molar-refractivity contribution is 0.583. The van der Waals surface area contributed by atoms with Crippen molar-refractivity contribution in [2.75, 3.05) is 24.5 Å². The van der Waals surface area contributed by atoms with E-state index in [0.29, 0.717) is 6.04 Å². The van der Waals surface area contributed by atoms with Crippen molar-refractivity contribution in [2.45, 2.75) is 33.7 Å². The Morgan fingerprint density at radius 3 is 2.60 bits per heavy atom. The van der Waals surface area contributed by atoms with E-state index in [1.54, 1.807) is 11.3 Å². The molecule has 0 atom stereocenters. The molecule has 4 nitrogen and oxygen atoms in total. The van der Waals surface area contributed by atoms with Gasteiger partial charge in [0.25, 0.3) is 0 Å². The maximum atomic E-state index is 4.15. The van der Waals surface area contributed by atoms with Gasteiger partial charge >= 0.3 is 0 Å². The lowest BCUT2D eigenvalue weighted by Gasteiger charge is -2.20. The van der Waals surface area contributed by atoms with Crippen LogP contribution in [-0.4, -0.2) is 35.9 Å². The van der Waals surface area contributed by atoms with Crippen molar-refractivity contribution < 1.29 is 0 Å². The van der Waals surface area contributed by atoms with Crippen molar-refractivity contribution in [1.29, 1.82) is 0 Å². The first kappa shape index (κ1) is 12.4. The Bertz CT molecular complexity index is 285. The molecule has 0 spiro atoms. The van der Waals surface area contributed by atoms with Gasteiger partial charge in [-0.3, -0.25) is 0 Å². The molecule has 1 N–H and O–H groups in total. The predicted molar refractivity (Wildman–Crippen MR) is 65.7 cm³/mol. The average Bonchev–Trinajstić information content (AvgIpc) is 2.59. The van der Waals surface area contributed by atoms with Crippen LogP contribution in [0.25, 0.3) is 0 Å². The monoisotopic (exact) mass is 228 g/mol. The summed E-state index contributed by atoms with van der Waals surface area (Å²) in [7, 11) is 0. The van der Waals surface area contributed by atoms with Crippen molar-refractivity contribution in [3.8, 4) is 0 Å². The Labute approximate surface area is 95.7 Å². The fraction of sp³-hybridized carbons (Fsp3) is 0.800. The van der Waals surface area contributed by atoms with Crippen LogP contribution in [-0.2, 0) is 0 Å². The quantitative estimate of drug-likeness (QED) is 0.804. The summed E-state index contributed by atoms with van der Waals surface area (Å²) in [5.41, 5.74) is 0. The minimum Gasteiger partial charge on any atom is -0.346 e. The molecule has 0 bridgehead atoms. The molecular formula is C10H20N4S. The van der Waals surface area contributed by atoms with Gasteiger partial charge in [-0.25, -0.2) is 0 Å². The lowest BCUT2D eigenvalue weighted by atomic mass is 10.4. The number of aryl methyl sites for hydroxylation is 1. The van der Waals surface area contributed by atoms with Crippen LogP contribution >= 0.6 is 11.3 Å². The predicted octanol–water partition coefficient (Wildman–Crippen LogP) is 1.67. The van der Waals surface area contributed by atoms with Crippen LogP contribution in [0.5, 0.6) is 0 Å². The standard InChI is InChI=1S/C10H20N4S/c1-5-14(7-6-11-8(2)3)10-13-12-9(4)15-10/h8,11H,5-7H2,1-4H3. The average molecular weight is 228 g/mol. The highest BCUT2D eigenvalue weighted by Gasteiger charge is 2.08. The van der Waals surface area contributed by atoms with Gasteiger partial charge in [0.15, 0.2) is 0 Å². The number of anilines is 1. The molecule has 0 fully saturated rings. The number of hydrogen-bond donors (Lipinski definition) is 1. The van der Waals surface area contributed by atoms with Gasteiger partial charge in [-0.1, -0.05) is 25.2 Å². The maximum absolute atomic E-state index is 4.15. The molecule has 1 aromatic heterocycles. The summed E-state index contributed by atoms with van der Waals surface area (Å²) in [6.45, 7) is 11.4. The number of hydrogen-bond acceptors (Lipinski definition) is 5. The van der Waals surface area contributed by atoms with E-state index in [4.69, 9.17) is 0 Å². The molecule has 0 saturated carbocycles. The Morgan fingerprint density at radius 1 is 1.40 bits per heavy atom. The molecule has 0 amide bonds. The molecule has 15 heavy (non-hydrogen) atoms. The molecule has 1 heterocycles. The van der Waals surface area contributed by atoms with Crippen molar-refractivity contribution in [1.82, 2.24) is 15.5 Å². The third-order valence-electron chi connectivity index (χ3n) is 2.10. The molecular weight excluding hydrogens is 208 g/mol. The third-order valence-corrected chi connectivity index (χ3v) is 3.00. The molecule has 1 aromatic rings. The Balaban J connectivity index is 2.42. The van der Waals surface area contributed by atoms with Crippen molar-refractivity contribution >= 4 is 16.5 Å². The summed E-state index contributed by atoms with van der Waals surface area (Å²) in [5, 5.41) is 13.6. The second kappa shape index (κ2) is 6.02. The summed E-state index contributed by atoms with van der Waals surface area (Å²) in [4.78, 5) is 2.25. The minimum absolute atomic E-state index is 0.542. The van der Waals surface area contributed by atoms with E-state index in [9.17, 15) is 0 Å². The zero-order valence-electron chi connectivity index (χ0n) is 9.95. The number of nitrogens with one attached hydrogen (secondary N) is 1. The molecule has 5 heteroatoms. The highest BCUT2D eigenvalue weighted by atomic mass is 32.1. The maximum Gasteiger partial charge on any atom is 0.208 e. The summed E-state index contributed by atoms with van der Waals surface area (Å²) in [6, 6.07) is 0.542. The molecule has 0 unspecified atom stereocenters. The number of aromatic nitrogens is 2. The molecule has 0 saturated heterocycles. The van der Waals surface area contributed by atoms with Gasteiger partial charge in [0.1, 0.15) is 5.01 Å². The first-order valence-electron chi connectivity index (χ1n) is 5.42. The van der Waals surface area contributed by atoms with E-state index in [2.05, 4.69) is 41.2 Å². The highest BCUT2D eigenvalue weighted by molar-refractivity contribution is 7.15. The largest absolute Gasteiger partial charge is 0.346 e. The van der Waals surface area contributed by atoms with Crippen molar-refractivity contribution in [3.05, 3.63) is 5.01 Å². The van der Waals surface area contributed by atoms with Gasteiger partial charge < -0.3 is 10.2 Å². The van der Waals surface area contributed by atoms with Crippen LogP contribution < -0.4 is 10.2 Å². The van der Waals surface area contributed by atoms with Gasteiger partial charge in [0.2, 0.25) is 5.13 Å². The zero-order chi connectivity index (χ0) is 11.3. The third kappa shape index (κ3) is 4.13. The molecule has 86 valence electrons. The van der Waals surface area contributed by atoms with E-state index in [0.717, 1.165) is 29.8 Å². The fourth-order valence-electron chi connectivity index (χ4n) is 1.29. The van der Waals surface area contributed by atoms with Crippen LogP contribution in [0.2, 0.25) is 0 Å². The van der Waals surface area contributed by atoms with E-state index in [1.165, 1.54) is 0 Å². The Morgan fingerprint density at radius 2 is 2.13 bits per heavy atom. The second-order valence-electron chi connectivity index (χ2n) is 3.79. The summed E-state index contributed by atoms with van der Waals surface area (Å²) in [5.74, 6) is 0. The van der Waals surface area contributed by atoms with Crippen LogP contribution in [0, 0.1) is 6.92 Å². The van der Waals surface area contributed by atoms with Gasteiger partial charge in [0.05, 0.1) is 0 Å². The SMILES string of the molecule is CCN(CCNC(C)C)c1nnc(C)s1. The molecule has 1 rings (SSSR count). The molecule has 0 radical (unpaired) electrons. The van der Waals surface area contributed by atoms with Gasteiger partial charge in [0, 0.05) is 25.7 Å².